The summed E-state index contributed by atoms with van der Waals surface area (Å²) in [6, 6.07) is -0.288. The minimum absolute atomic E-state index is 0.288. The molecule has 1 unspecified atom stereocenters. The van der Waals surface area contributed by atoms with E-state index in [0.29, 0.717) is 13.0 Å². The number of carbonyl (C=O) groups excluding carboxylic acids is 1. The monoisotopic (exact) mass is 197 g/mol. The summed E-state index contributed by atoms with van der Waals surface area (Å²) in [5.41, 5.74) is 5.22. The topological polar surface area (TPSA) is 85.8 Å². The minimum atomic E-state index is -0.327. The molecular weight excluding hydrogens is 182 g/mol. The van der Waals surface area contributed by atoms with Gasteiger partial charge in [-0.1, -0.05) is 6.92 Å². The molecule has 3 N–H and O–H groups in total. The van der Waals surface area contributed by atoms with Gasteiger partial charge in [-0.2, -0.15) is 5.10 Å². The summed E-state index contributed by atoms with van der Waals surface area (Å²) in [5.74, 6) is -0.327. The maximum absolute atomic E-state index is 11.0. The van der Waals surface area contributed by atoms with E-state index in [1.54, 1.807) is 11.0 Å². The molecule has 0 aliphatic rings. The second kappa shape index (κ2) is 5.33. The lowest BCUT2D eigenvalue weighted by atomic mass is 10.2. The van der Waals surface area contributed by atoms with Gasteiger partial charge in [0.05, 0.1) is 6.04 Å². The summed E-state index contributed by atoms with van der Waals surface area (Å²) in [5, 5.41) is 6.94. The molecule has 1 heterocycles. The van der Waals surface area contributed by atoms with Crippen molar-refractivity contribution >= 4 is 5.91 Å². The Morgan fingerprint density at radius 3 is 3.00 bits per heavy atom. The highest BCUT2D eigenvalue weighted by molar-refractivity contribution is 5.79. The molecule has 0 radical (unpaired) electrons. The van der Waals surface area contributed by atoms with Gasteiger partial charge in [0, 0.05) is 6.54 Å². The first-order chi connectivity index (χ1) is 6.74. The molecule has 0 spiro atoms. The van der Waals surface area contributed by atoms with Gasteiger partial charge in [0.15, 0.2) is 0 Å². The zero-order chi connectivity index (χ0) is 10.4. The van der Waals surface area contributed by atoms with Crippen LogP contribution in [0.4, 0.5) is 0 Å². The summed E-state index contributed by atoms with van der Waals surface area (Å²) >= 11 is 0. The molecule has 14 heavy (non-hydrogen) atoms. The number of likely N-dealkylation sites (N-methyl/N-ethyl adjacent to an activating group) is 1. The van der Waals surface area contributed by atoms with Crippen LogP contribution in [-0.2, 0) is 11.3 Å². The van der Waals surface area contributed by atoms with E-state index in [0.717, 1.165) is 6.54 Å². The van der Waals surface area contributed by atoms with Crippen LogP contribution in [0.1, 0.15) is 13.3 Å². The smallest absolute Gasteiger partial charge is 0.234 e. The zero-order valence-corrected chi connectivity index (χ0v) is 8.18. The molecule has 1 atom stereocenters. The highest BCUT2D eigenvalue weighted by Crippen LogP contribution is 1.94. The Bertz CT molecular complexity index is 271. The van der Waals surface area contributed by atoms with E-state index in [1.807, 2.05) is 6.92 Å². The highest BCUT2D eigenvalue weighted by Gasteiger charge is 2.13. The molecule has 0 saturated heterocycles. The zero-order valence-electron chi connectivity index (χ0n) is 8.18. The van der Waals surface area contributed by atoms with Gasteiger partial charge in [-0.25, -0.2) is 4.98 Å². The van der Waals surface area contributed by atoms with Gasteiger partial charge in [-0.3, -0.25) is 9.48 Å². The van der Waals surface area contributed by atoms with Gasteiger partial charge in [-0.15, -0.1) is 0 Å². The number of nitrogens with zero attached hydrogens (tertiary/aromatic N) is 3. The van der Waals surface area contributed by atoms with E-state index in [4.69, 9.17) is 5.73 Å². The van der Waals surface area contributed by atoms with Crippen molar-refractivity contribution in [2.45, 2.75) is 25.9 Å². The molecule has 0 aliphatic carbocycles. The van der Waals surface area contributed by atoms with Crippen molar-refractivity contribution < 1.29 is 4.79 Å². The van der Waals surface area contributed by atoms with E-state index >= 15 is 0 Å². The largest absolute Gasteiger partial charge is 0.368 e. The summed E-state index contributed by atoms with van der Waals surface area (Å²) in [6.07, 6.45) is 3.71. The molecule has 0 fully saturated rings. The summed E-state index contributed by atoms with van der Waals surface area (Å²) in [4.78, 5) is 14.8. The third-order valence-electron chi connectivity index (χ3n) is 1.91. The quantitative estimate of drug-likeness (QED) is 0.621. The van der Waals surface area contributed by atoms with Crippen molar-refractivity contribution in [2.24, 2.45) is 5.73 Å². The number of aromatic nitrogens is 3. The van der Waals surface area contributed by atoms with Gasteiger partial charge >= 0.3 is 0 Å². The number of hydrogen-bond acceptors (Lipinski definition) is 4. The van der Waals surface area contributed by atoms with E-state index in [1.165, 1.54) is 6.33 Å². The van der Waals surface area contributed by atoms with Crippen LogP contribution < -0.4 is 11.1 Å². The number of primary amides is 1. The van der Waals surface area contributed by atoms with Crippen LogP contribution in [0.15, 0.2) is 12.7 Å². The molecule has 0 aliphatic heterocycles. The molecule has 1 amide bonds. The Kier molecular flexibility index (Phi) is 4.06. The molecule has 78 valence electrons. The second-order valence-corrected chi connectivity index (χ2v) is 2.96. The van der Waals surface area contributed by atoms with Crippen molar-refractivity contribution in [3.8, 4) is 0 Å². The first-order valence-corrected chi connectivity index (χ1v) is 4.59. The third-order valence-corrected chi connectivity index (χ3v) is 1.91. The number of aryl methyl sites for hydroxylation is 1. The summed E-state index contributed by atoms with van der Waals surface area (Å²) < 4.78 is 1.67. The number of nitrogens with one attached hydrogen (secondary N) is 1. The highest BCUT2D eigenvalue weighted by atomic mass is 16.1. The van der Waals surface area contributed by atoms with Crippen LogP contribution in [0, 0.1) is 0 Å². The number of amides is 1. The molecular formula is C8H15N5O. The van der Waals surface area contributed by atoms with Crippen molar-refractivity contribution in [1.29, 1.82) is 0 Å². The second-order valence-electron chi connectivity index (χ2n) is 2.96. The Morgan fingerprint density at radius 2 is 2.50 bits per heavy atom. The Labute approximate surface area is 82.5 Å². The maximum atomic E-state index is 11.0. The van der Waals surface area contributed by atoms with Gasteiger partial charge in [-0.05, 0) is 13.0 Å². The lowest BCUT2D eigenvalue weighted by Crippen LogP contribution is -2.41. The van der Waals surface area contributed by atoms with Gasteiger partial charge in [0.1, 0.15) is 12.7 Å². The average Bonchev–Trinajstić information content (AvgIpc) is 2.64. The molecule has 0 saturated carbocycles. The number of carbonyl (C=O) groups is 1. The fraction of sp³-hybridized carbons (Fsp3) is 0.625. The van der Waals surface area contributed by atoms with Gasteiger partial charge in [0.2, 0.25) is 5.91 Å². The molecule has 1 aromatic heterocycles. The summed E-state index contributed by atoms with van der Waals surface area (Å²) in [6.45, 7) is 3.30. The van der Waals surface area contributed by atoms with Crippen LogP contribution in [0.5, 0.6) is 0 Å². The van der Waals surface area contributed by atoms with Crippen molar-refractivity contribution in [2.75, 3.05) is 6.54 Å². The standard InChI is InChI=1S/C8H15N5O/c1-2-11-7(8(9)14)3-4-13-6-10-5-12-13/h5-7,11H,2-4H2,1H3,(H2,9,14). The fourth-order valence-corrected chi connectivity index (χ4v) is 1.20. The van der Waals surface area contributed by atoms with Crippen LogP contribution in [0.2, 0.25) is 0 Å². The molecule has 1 aromatic rings. The average molecular weight is 197 g/mol. The number of nitrogens with two attached hydrogens (primary N) is 1. The molecule has 0 bridgehead atoms. The Hall–Kier alpha value is -1.43. The SMILES string of the molecule is CCNC(CCn1cncn1)C(N)=O. The molecule has 1 rings (SSSR count). The van der Waals surface area contributed by atoms with Crippen molar-refractivity contribution in [3.05, 3.63) is 12.7 Å². The van der Waals surface area contributed by atoms with Crippen molar-refractivity contribution in [1.82, 2.24) is 20.1 Å². The van der Waals surface area contributed by atoms with E-state index in [-0.39, 0.29) is 11.9 Å². The first kappa shape index (κ1) is 10.6. The minimum Gasteiger partial charge on any atom is -0.368 e. The lowest BCUT2D eigenvalue weighted by molar-refractivity contribution is -0.120. The molecule has 6 heteroatoms. The maximum Gasteiger partial charge on any atom is 0.234 e. The van der Waals surface area contributed by atoms with E-state index in [2.05, 4.69) is 15.4 Å². The number of hydrogen-bond donors (Lipinski definition) is 2. The summed E-state index contributed by atoms with van der Waals surface area (Å²) in [7, 11) is 0. The third kappa shape index (κ3) is 3.14. The molecule has 6 nitrogen and oxygen atoms in total. The predicted octanol–water partition coefficient (Wildman–Crippen LogP) is -0.868. The Morgan fingerprint density at radius 1 is 1.71 bits per heavy atom. The predicted molar refractivity (Wildman–Crippen MR) is 51.3 cm³/mol. The fourth-order valence-electron chi connectivity index (χ4n) is 1.20. The van der Waals surface area contributed by atoms with Crippen LogP contribution in [0.3, 0.4) is 0 Å². The lowest BCUT2D eigenvalue weighted by Gasteiger charge is -2.13. The van der Waals surface area contributed by atoms with Gasteiger partial charge < -0.3 is 11.1 Å². The first-order valence-electron chi connectivity index (χ1n) is 4.59. The van der Waals surface area contributed by atoms with Crippen LogP contribution >= 0.6 is 0 Å². The molecule has 0 aromatic carbocycles. The Balaban J connectivity index is 2.37. The van der Waals surface area contributed by atoms with E-state index in [9.17, 15) is 4.79 Å². The normalized spacial score (nSPS) is 12.6. The van der Waals surface area contributed by atoms with Gasteiger partial charge in [0.25, 0.3) is 0 Å². The van der Waals surface area contributed by atoms with E-state index < -0.39 is 0 Å². The van der Waals surface area contributed by atoms with Crippen molar-refractivity contribution in [3.63, 3.8) is 0 Å². The van der Waals surface area contributed by atoms with Crippen LogP contribution in [-0.4, -0.2) is 33.3 Å². The van der Waals surface area contributed by atoms with Crippen LogP contribution in [0.25, 0.3) is 0 Å². The number of rotatable bonds is 6.